The number of urea groups is 1. The number of hydrogen-bond donors (Lipinski definition) is 4. The second kappa shape index (κ2) is 5.92. The van der Waals surface area contributed by atoms with Crippen LogP contribution in [0.5, 0.6) is 5.75 Å². The Morgan fingerprint density at radius 1 is 1.44 bits per heavy atom. The highest BCUT2D eigenvalue weighted by Crippen LogP contribution is 2.19. The summed E-state index contributed by atoms with van der Waals surface area (Å²) in [7, 11) is 0. The van der Waals surface area contributed by atoms with E-state index in [0.29, 0.717) is 25.2 Å². The second-order valence-electron chi connectivity index (χ2n) is 3.22. The third-order valence-corrected chi connectivity index (χ3v) is 1.99. The normalized spacial score (nSPS) is 10.1. The molecule has 0 fully saturated rings. The predicted octanol–water partition coefficient (Wildman–Crippen LogP) is 0.289. The fourth-order valence-electron chi connectivity index (χ4n) is 1.20. The molecule has 0 saturated carbocycles. The van der Waals surface area contributed by atoms with Gasteiger partial charge in [-0.1, -0.05) is 12.1 Å². The maximum absolute atomic E-state index is 12.9. The molecule has 0 bridgehead atoms. The molecule has 0 unspecified atom stereocenters. The van der Waals surface area contributed by atoms with Gasteiger partial charge in [-0.25, -0.2) is 9.18 Å². The molecular formula is C10H14FN3O2. The van der Waals surface area contributed by atoms with Crippen LogP contribution in [0.25, 0.3) is 0 Å². The minimum Gasteiger partial charge on any atom is -0.505 e. The number of benzene rings is 1. The van der Waals surface area contributed by atoms with Crippen molar-refractivity contribution in [2.45, 2.75) is 6.54 Å². The molecule has 16 heavy (non-hydrogen) atoms. The molecule has 5 nitrogen and oxygen atoms in total. The highest BCUT2D eigenvalue weighted by Gasteiger charge is 2.05. The molecule has 1 aromatic rings. The van der Waals surface area contributed by atoms with Crippen LogP contribution < -0.4 is 16.4 Å². The van der Waals surface area contributed by atoms with E-state index in [1.54, 1.807) is 6.07 Å². The van der Waals surface area contributed by atoms with Crippen LogP contribution in [0, 0.1) is 5.82 Å². The van der Waals surface area contributed by atoms with Gasteiger partial charge in [-0.3, -0.25) is 0 Å². The average molecular weight is 227 g/mol. The minimum absolute atomic E-state index is 0.323. The number of nitrogens with two attached hydrogens (primary N) is 1. The lowest BCUT2D eigenvalue weighted by Crippen LogP contribution is -2.35. The van der Waals surface area contributed by atoms with Crippen molar-refractivity contribution >= 4 is 6.03 Å². The van der Waals surface area contributed by atoms with Crippen molar-refractivity contribution in [1.29, 1.82) is 0 Å². The maximum atomic E-state index is 12.9. The van der Waals surface area contributed by atoms with Gasteiger partial charge in [-0.15, -0.1) is 0 Å². The number of carbonyl (C=O) groups is 1. The van der Waals surface area contributed by atoms with E-state index in [1.807, 2.05) is 0 Å². The molecule has 88 valence electrons. The number of para-hydroxylation sites is 1. The van der Waals surface area contributed by atoms with Gasteiger partial charge in [0, 0.05) is 25.2 Å². The number of hydrogen-bond acceptors (Lipinski definition) is 3. The fraction of sp³-hybridized carbons (Fsp3) is 0.300. The Bertz CT molecular complexity index is 371. The summed E-state index contributed by atoms with van der Waals surface area (Å²) >= 11 is 0. The monoisotopic (exact) mass is 227 g/mol. The van der Waals surface area contributed by atoms with Gasteiger partial charge in [0.2, 0.25) is 0 Å². The molecule has 0 saturated heterocycles. The molecule has 2 amide bonds. The number of amides is 2. The summed E-state index contributed by atoms with van der Waals surface area (Å²) in [5.41, 5.74) is 5.33. The molecular weight excluding hydrogens is 213 g/mol. The first-order valence-corrected chi connectivity index (χ1v) is 4.81. The highest BCUT2D eigenvalue weighted by atomic mass is 19.1. The average Bonchev–Trinajstić information content (AvgIpc) is 2.23. The van der Waals surface area contributed by atoms with Crippen LogP contribution in [-0.2, 0) is 6.54 Å². The van der Waals surface area contributed by atoms with Gasteiger partial charge in [0.1, 0.15) is 0 Å². The first kappa shape index (κ1) is 12.3. The first-order chi connectivity index (χ1) is 7.61. The molecule has 6 heteroatoms. The van der Waals surface area contributed by atoms with Gasteiger partial charge < -0.3 is 21.5 Å². The van der Waals surface area contributed by atoms with Crippen LogP contribution in [0.2, 0.25) is 0 Å². The minimum atomic E-state index is -0.644. The third kappa shape index (κ3) is 3.74. The molecule has 0 radical (unpaired) electrons. The Labute approximate surface area is 92.5 Å². The molecule has 0 aliphatic carbocycles. The standard InChI is InChI=1S/C10H14FN3O2/c11-8-3-1-2-7(9(8)15)6-13-4-5-14-10(12)16/h1-3,13,15H,4-6H2,(H3,12,14,16). The van der Waals surface area contributed by atoms with Crippen molar-refractivity contribution in [2.24, 2.45) is 5.73 Å². The van der Waals surface area contributed by atoms with Gasteiger partial charge in [-0.2, -0.15) is 0 Å². The number of aromatic hydroxyl groups is 1. The van der Waals surface area contributed by atoms with Crippen LogP contribution in [0.4, 0.5) is 9.18 Å². The lowest BCUT2D eigenvalue weighted by molar-refractivity contribution is 0.249. The van der Waals surface area contributed by atoms with Crippen molar-refractivity contribution in [3.05, 3.63) is 29.6 Å². The van der Waals surface area contributed by atoms with E-state index in [0.717, 1.165) is 0 Å². The lowest BCUT2D eigenvalue weighted by Gasteiger charge is -2.07. The Morgan fingerprint density at radius 2 is 2.19 bits per heavy atom. The quantitative estimate of drug-likeness (QED) is 0.545. The molecule has 1 rings (SSSR count). The third-order valence-electron chi connectivity index (χ3n) is 1.99. The number of rotatable bonds is 5. The number of phenolic OH excluding ortho intramolecular Hbond substituents is 1. The number of phenols is 1. The van der Waals surface area contributed by atoms with Crippen LogP contribution in [0.3, 0.4) is 0 Å². The first-order valence-electron chi connectivity index (χ1n) is 4.81. The van der Waals surface area contributed by atoms with E-state index in [-0.39, 0.29) is 5.75 Å². The molecule has 0 heterocycles. The Balaban J connectivity index is 2.32. The van der Waals surface area contributed by atoms with E-state index in [2.05, 4.69) is 10.6 Å². The van der Waals surface area contributed by atoms with Crippen molar-refractivity contribution in [3.63, 3.8) is 0 Å². The smallest absolute Gasteiger partial charge is 0.312 e. The fourth-order valence-corrected chi connectivity index (χ4v) is 1.20. The summed E-state index contributed by atoms with van der Waals surface area (Å²) in [5.74, 6) is -0.993. The van der Waals surface area contributed by atoms with E-state index in [1.165, 1.54) is 12.1 Å². The summed E-state index contributed by atoms with van der Waals surface area (Å²) in [6.07, 6.45) is 0. The molecule has 5 N–H and O–H groups in total. The molecule has 0 aliphatic heterocycles. The van der Waals surface area contributed by atoms with Crippen molar-refractivity contribution < 1.29 is 14.3 Å². The van der Waals surface area contributed by atoms with Gasteiger partial charge >= 0.3 is 6.03 Å². The van der Waals surface area contributed by atoms with E-state index in [4.69, 9.17) is 5.73 Å². The van der Waals surface area contributed by atoms with E-state index < -0.39 is 11.8 Å². The van der Waals surface area contributed by atoms with Crippen molar-refractivity contribution in [1.82, 2.24) is 10.6 Å². The molecule has 0 aliphatic rings. The van der Waals surface area contributed by atoms with E-state index in [9.17, 15) is 14.3 Å². The molecule has 0 spiro atoms. The van der Waals surface area contributed by atoms with Gasteiger partial charge in [-0.05, 0) is 6.07 Å². The number of primary amides is 1. The summed E-state index contributed by atoms with van der Waals surface area (Å²) in [4.78, 5) is 10.3. The second-order valence-corrected chi connectivity index (χ2v) is 3.22. The predicted molar refractivity (Wildman–Crippen MR) is 57.4 cm³/mol. The molecule has 0 atom stereocenters. The van der Waals surface area contributed by atoms with Gasteiger partial charge in [0.25, 0.3) is 0 Å². The van der Waals surface area contributed by atoms with Crippen LogP contribution in [0.1, 0.15) is 5.56 Å². The summed E-state index contributed by atoms with van der Waals surface area (Å²) < 4.78 is 12.9. The van der Waals surface area contributed by atoms with Crippen LogP contribution in [-0.4, -0.2) is 24.2 Å². The Morgan fingerprint density at radius 3 is 2.88 bits per heavy atom. The number of carbonyl (C=O) groups excluding carboxylic acids is 1. The number of nitrogens with one attached hydrogen (secondary N) is 2. The van der Waals surface area contributed by atoms with Crippen molar-refractivity contribution in [2.75, 3.05) is 13.1 Å². The van der Waals surface area contributed by atoms with Crippen LogP contribution in [0.15, 0.2) is 18.2 Å². The summed E-state index contributed by atoms with van der Waals surface area (Å²) in [6.45, 7) is 1.19. The molecule has 0 aromatic heterocycles. The zero-order valence-electron chi connectivity index (χ0n) is 8.66. The lowest BCUT2D eigenvalue weighted by atomic mass is 10.2. The SMILES string of the molecule is NC(=O)NCCNCc1cccc(F)c1O. The van der Waals surface area contributed by atoms with E-state index >= 15 is 0 Å². The largest absolute Gasteiger partial charge is 0.505 e. The summed E-state index contributed by atoms with van der Waals surface area (Å²) in [6, 6.07) is 3.74. The van der Waals surface area contributed by atoms with Crippen molar-refractivity contribution in [3.8, 4) is 5.75 Å². The van der Waals surface area contributed by atoms with Gasteiger partial charge in [0.05, 0.1) is 0 Å². The van der Waals surface area contributed by atoms with Crippen LogP contribution >= 0.6 is 0 Å². The summed E-state index contributed by atoms with van der Waals surface area (Å²) in [5, 5.41) is 14.7. The highest BCUT2D eigenvalue weighted by molar-refractivity contribution is 5.71. The Hall–Kier alpha value is -1.82. The topological polar surface area (TPSA) is 87.4 Å². The zero-order chi connectivity index (χ0) is 12.0. The zero-order valence-corrected chi connectivity index (χ0v) is 8.66. The number of halogens is 1. The van der Waals surface area contributed by atoms with Gasteiger partial charge in [0.15, 0.2) is 11.6 Å². The Kier molecular flexibility index (Phi) is 4.53. The molecule has 1 aromatic carbocycles. The maximum Gasteiger partial charge on any atom is 0.312 e.